The van der Waals surface area contributed by atoms with Gasteiger partial charge in [-0.25, -0.2) is 4.98 Å². The van der Waals surface area contributed by atoms with Crippen LogP contribution in [0.4, 0.5) is 5.82 Å². The Hall–Kier alpha value is -2.55. The minimum Gasteiger partial charge on any atom is -0.383 e. The lowest BCUT2D eigenvalue weighted by molar-refractivity contribution is 0.781. The van der Waals surface area contributed by atoms with Crippen LogP contribution in [0.1, 0.15) is 12.5 Å². The molecule has 21 heavy (non-hydrogen) atoms. The van der Waals surface area contributed by atoms with E-state index in [1.165, 1.54) is 5.56 Å². The first-order valence-corrected chi connectivity index (χ1v) is 7.19. The van der Waals surface area contributed by atoms with Crippen molar-refractivity contribution in [2.24, 2.45) is 0 Å². The van der Waals surface area contributed by atoms with Crippen molar-refractivity contribution in [2.75, 3.05) is 5.73 Å². The second-order valence-corrected chi connectivity index (χ2v) is 5.15. The van der Waals surface area contributed by atoms with Gasteiger partial charge in [-0.15, -0.1) is 0 Å². The van der Waals surface area contributed by atoms with Crippen LogP contribution in [0.5, 0.6) is 0 Å². The van der Waals surface area contributed by atoms with Gasteiger partial charge < -0.3 is 10.3 Å². The van der Waals surface area contributed by atoms with E-state index in [0.717, 1.165) is 35.0 Å². The van der Waals surface area contributed by atoms with Gasteiger partial charge in [0.15, 0.2) is 0 Å². The number of nitrogens with two attached hydrogens (primary N) is 1. The van der Waals surface area contributed by atoms with Gasteiger partial charge in [0.25, 0.3) is 0 Å². The SMILES string of the molecule is CCn1c(-c2ccccc2)nc(-c2ccc(C)cc2)c1N. The summed E-state index contributed by atoms with van der Waals surface area (Å²) in [4.78, 5) is 4.79. The van der Waals surface area contributed by atoms with Gasteiger partial charge in [-0.3, -0.25) is 0 Å². The summed E-state index contributed by atoms with van der Waals surface area (Å²) < 4.78 is 2.06. The highest BCUT2D eigenvalue weighted by Gasteiger charge is 2.16. The number of hydrogen-bond acceptors (Lipinski definition) is 2. The van der Waals surface area contributed by atoms with Crippen molar-refractivity contribution in [3.63, 3.8) is 0 Å². The van der Waals surface area contributed by atoms with Gasteiger partial charge in [0.2, 0.25) is 0 Å². The molecule has 0 atom stereocenters. The summed E-state index contributed by atoms with van der Waals surface area (Å²) in [6.07, 6.45) is 0. The van der Waals surface area contributed by atoms with Crippen LogP contribution in [0.2, 0.25) is 0 Å². The number of nitrogens with zero attached hydrogens (tertiary/aromatic N) is 2. The van der Waals surface area contributed by atoms with E-state index in [0.29, 0.717) is 0 Å². The number of hydrogen-bond donors (Lipinski definition) is 1. The van der Waals surface area contributed by atoms with Crippen LogP contribution in [-0.2, 0) is 6.54 Å². The maximum absolute atomic E-state index is 6.32. The third kappa shape index (κ3) is 2.42. The molecule has 3 aromatic rings. The fourth-order valence-corrected chi connectivity index (χ4v) is 2.52. The fraction of sp³-hybridized carbons (Fsp3) is 0.167. The summed E-state index contributed by atoms with van der Waals surface area (Å²) in [5.74, 6) is 1.64. The Labute approximate surface area is 125 Å². The lowest BCUT2D eigenvalue weighted by Gasteiger charge is -2.06. The van der Waals surface area contributed by atoms with Crippen molar-refractivity contribution in [1.29, 1.82) is 0 Å². The summed E-state index contributed by atoms with van der Waals surface area (Å²) >= 11 is 0. The molecule has 0 bridgehead atoms. The van der Waals surface area contributed by atoms with Crippen LogP contribution < -0.4 is 5.73 Å². The number of anilines is 1. The lowest BCUT2D eigenvalue weighted by Crippen LogP contribution is -2.02. The highest BCUT2D eigenvalue weighted by atomic mass is 15.1. The Morgan fingerprint density at radius 3 is 2.24 bits per heavy atom. The first-order valence-electron chi connectivity index (χ1n) is 7.19. The highest BCUT2D eigenvalue weighted by molar-refractivity contribution is 5.75. The van der Waals surface area contributed by atoms with Crippen LogP contribution >= 0.6 is 0 Å². The summed E-state index contributed by atoms with van der Waals surface area (Å²) in [6.45, 7) is 4.96. The molecule has 0 fully saturated rings. The molecule has 0 amide bonds. The number of aryl methyl sites for hydroxylation is 1. The van der Waals surface area contributed by atoms with Crippen LogP contribution in [0.25, 0.3) is 22.6 Å². The molecular formula is C18H19N3. The molecule has 1 aromatic heterocycles. The Morgan fingerprint density at radius 2 is 1.62 bits per heavy atom. The molecule has 0 aliphatic rings. The van der Waals surface area contributed by atoms with Crippen molar-refractivity contribution >= 4 is 5.82 Å². The van der Waals surface area contributed by atoms with Gasteiger partial charge in [0.05, 0.1) is 0 Å². The van der Waals surface area contributed by atoms with E-state index in [4.69, 9.17) is 10.7 Å². The first-order chi connectivity index (χ1) is 10.2. The monoisotopic (exact) mass is 277 g/mol. The Balaban J connectivity index is 2.16. The molecule has 2 N–H and O–H groups in total. The molecule has 0 saturated heterocycles. The van der Waals surface area contributed by atoms with Crippen molar-refractivity contribution in [1.82, 2.24) is 9.55 Å². The van der Waals surface area contributed by atoms with E-state index in [9.17, 15) is 0 Å². The number of aromatic nitrogens is 2. The highest BCUT2D eigenvalue weighted by Crippen LogP contribution is 2.31. The second-order valence-electron chi connectivity index (χ2n) is 5.15. The standard InChI is InChI=1S/C18H19N3/c1-3-21-17(19)16(14-11-9-13(2)10-12-14)20-18(21)15-7-5-4-6-8-15/h4-12H,3,19H2,1-2H3. The molecule has 106 valence electrons. The molecule has 0 aliphatic heterocycles. The molecule has 0 saturated carbocycles. The zero-order valence-corrected chi connectivity index (χ0v) is 12.4. The molecule has 3 nitrogen and oxygen atoms in total. The van der Waals surface area contributed by atoms with E-state index in [-0.39, 0.29) is 0 Å². The molecule has 3 rings (SSSR count). The number of nitrogen functional groups attached to an aromatic ring is 1. The van der Waals surface area contributed by atoms with Gasteiger partial charge in [0.1, 0.15) is 17.3 Å². The van der Waals surface area contributed by atoms with Crippen LogP contribution in [0.15, 0.2) is 54.6 Å². The molecule has 2 aromatic carbocycles. The van der Waals surface area contributed by atoms with E-state index in [2.05, 4.69) is 54.8 Å². The summed E-state index contributed by atoms with van der Waals surface area (Å²) in [5.41, 5.74) is 10.6. The Bertz CT molecular complexity index is 740. The Kier molecular flexibility index (Phi) is 3.48. The predicted molar refractivity (Wildman–Crippen MR) is 87.9 cm³/mol. The Morgan fingerprint density at radius 1 is 0.952 bits per heavy atom. The second kappa shape index (κ2) is 5.44. The number of rotatable bonds is 3. The molecule has 0 radical (unpaired) electrons. The summed E-state index contributed by atoms with van der Waals surface area (Å²) in [5, 5.41) is 0. The largest absolute Gasteiger partial charge is 0.383 e. The van der Waals surface area contributed by atoms with E-state index in [1.54, 1.807) is 0 Å². The average Bonchev–Trinajstić information content (AvgIpc) is 2.86. The molecule has 3 heteroatoms. The van der Waals surface area contributed by atoms with Gasteiger partial charge in [-0.2, -0.15) is 0 Å². The molecule has 0 spiro atoms. The van der Waals surface area contributed by atoms with Gasteiger partial charge in [0, 0.05) is 17.7 Å². The first kappa shape index (κ1) is 13.4. The van der Waals surface area contributed by atoms with Gasteiger partial charge in [-0.1, -0.05) is 60.2 Å². The molecule has 0 aliphatic carbocycles. The average molecular weight is 277 g/mol. The lowest BCUT2D eigenvalue weighted by atomic mass is 10.1. The smallest absolute Gasteiger partial charge is 0.142 e. The van der Waals surface area contributed by atoms with Gasteiger partial charge in [-0.05, 0) is 13.8 Å². The van der Waals surface area contributed by atoms with Crippen LogP contribution in [-0.4, -0.2) is 9.55 Å². The zero-order valence-electron chi connectivity index (χ0n) is 12.4. The van der Waals surface area contributed by atoms with E-state index >= 15 is 0 Å². The third-order valence-corrected chi connectivity index (χ3v) is 3.68. The van der Waals surface area contributed by atoms with Crippen molar-refractivity contribution < 1.29 is 0 Å². The minimum atomic E-state index is 0.722. The normalized spacial score (nSPS) is 10.8. The third-order valence-electron chi connectivity index (χ3n) is 3.68. The van der Waals surface area contributed by atoms with E-state index in [1.807, 2.05) is 18.2 Å². The zero-order chi connectivity index (χ0) is 14.8. The van der Waals surface area contributed by atoms with Crippen molar-refractivity contribution in [3.8, 4) is 22.6 Å². The van der Waals surface area contributed by atoms with Crippen LogP contribution in [0, 0.1) is 6.92 Å². The summed E-state index contributed by atoms with van der Waals surface area (Å²) in [7, 11) is 0. The van der Waals surface area contributed by atoms with Crippen molar-refractivity contribution in [3.05, 3.63) is 60.2 Å². The quantitative estimate of drug-likeness (QED) is 0.782. The van der Waals surface area contributed by atoms with Crippen LogP contribution in [0.3, 0.4) is 0 Å². The predicted octanol–water partition coefficient (Wildman–Crippen LogP) is 4.13. The fourth-order valence-electron chi connectivity index (χ4n) is 2.52. The van der Waals surface area contributed by atoms with E-state index < -0.39 is 0 Å². The molecule has 1 heterocycles. The minimum absolute atomic E-state index is 0.722. The molecule has 0 unspecified atom stereocenters. The number of benzene rings is 2. The maximum atomic E-state index is 6.32. The number of imidazole rings is 1. The molecular weight excluding hydrogens is 258 g/mol. The summed E-state index contributed by atoms with van der Waals surface area (Å²) in [6, 6.07) is 18.5. The topological polar surface area (TPSA) is 43.8 Å². The van der Waals surface area contributed by atoms with Gasteiger partial charge >= 0.3 is 0 Å². The maximum Gasteiger partial charge on any atom is 0.142 e. The van der Waals surface area contributed by atoms with Crippen molar-refractivity contribution in [2.45, 2.75) is 20.4 Å².